The van der Waals surface area contributed by atoms with E-state index in [1.807, 2.05) is 37.5 Å². The molecule has 108 valence electrons. The number of carboxylic acid groups (broad SMARTS) is 1. The lowest BCUT2D eigenvalue weighted by Gasteiger charge is -2.16. The molecular weight excluding hydrogens is 256 g/mol. The second-order valence-electron chi connectivity index (χ2n) is 5.03. The van der Waals surface area contributed by atoms with Gasteiger partial charge in [0.25, 0.3) is 0 Å². The van der Waals surface area contributed by atoms with Crippen molar-refractivity contribution in [3.05, 3.63) is 29.2 Å². The summed E-state index contributed by atoms with van der Waals surface area (Å²) in [6.45, 7) is 6.68. The highest BCUT2D eigenvalue weighted by atomic mass is 16.4. The van der Waals surface area contributed by atoms with Gasteiger partial charge in [-0.2, -0.15) is 5.10 Å². The Bertz CT molecular complexity index is 621. The van der Waals surface area contributed by atoms with Crippen molar-refractivity contribution in [3.63, 3.8) is 0 Å². The van der Waals surface area contributed by atoms with Gasteiger partial charge in [0.05, 0.1) is 5.69 Å². The van der Waals surface area contributed by atoms with Crippen LogP contribution < -0.4 is 5.32 Å². The van der Waals surface area contributed by atoms with Crippen LogP contribution in [0.4, 0.5) is 0 Å². The number of carboxylic acids is 1. The summed E-state index contributed by atoms with van der Waals surface area (Å²) in [7, 11) is 0. The number of hydrogen-bond donors (Lipinski definition) is 2. The topological polar surface area (TPSA) is 79.5 Å². The van der Waals surface area contributed by atoms with E-state index in [1.54, 1.807) is 0 Å². The Labute approximate surface area is 117 Å². The summed E-state index contributed by atoms with van der Waals surface area (Å²) in [4.78, 5) is 14.9. The van der Waals surface area contributed by atoms with Gasteiger partial charge in [-0.1, -0.05) is 0 Å². The van der Waals surface area contributed by atoms with Crippen LogP contribution in [-0.2, 0) is 4.79 Å². The minimum absolute atomic E-state index is 0.116. The number of aryl methyl sites for hydroxylation is 2. The van der Waals surface area contributed by atoms with Gasteiger partial charge in [-0.15, -0.1) is 0 Å². The molecule has 2 N–H and O–H groups in total. The normalized spacial score (nSPS) is 12.8. The van der Waals surface area contributed by atoms with E-state index < -0.39 is 5.97 Å². The van der Waals surface area contributed by atoms with Crippen LogP contribution in [-0.4, -0.2) is 32.2 Å². The third-order valence-electron chi connectivity index (χ3n) is 3.37. The maximum absolute atomic E-state index is 10.5. The molecule has 0 aliphatic heterocycles. The minimum Gasteiger partial charge on any atom is -0.481 e. The molecule has 2 heterocycles. The number of aliphatic carboxylic acids is 1. The third-order valence-corrected chi connectivity index (χ3v) is 3.37. The van der Waals surface area contributed by atoms with Crippen LogP contribution in [0.1, 0.15) is 42.8 Å². The molecule has 2 aromatic rings. The first kappa shape index (κ1) is 14.5. The first-order valence-corrected chi connectivity index (χ1v) is 6.76. The van der Waals surface area contributed by atoms with E-state index in [0.29, 0.717) is 13.0 Å². The van der Waals surface area contributed by atoms with Crippen LogP contribution in [0, 0.1) is 13.8 Å². The van der Waals surface area contributed by atoms with Crippen LogP contribution in [0.5, 0.6) is 0 Å². The molecule has 6 nitrogen and oxygen atoms in total. The van der Waals surface area contributed by atoms with Gasteiger partial charge in [0, 0.05) is 36.0 Å². The Morgan fingerprint density at radius 3 is 2.95 bits per heavy atom. The van der Waals surface area contributed by atoms with Crippen molar-refractivity contribution < 1.29 is 9.90 Å². The van der Waals surface area contributed by atoms with Crippen LogP contribution in [0.2, 0.25) is 0 Å². The van der Waals surface area contributed by atoms with Crippen molar-refractivity contribution in [2.45, 2.75) is 39.7 Å². The second kappa shape index (κ2) is 6.00. The number of fused-ring (bicyclic) bond motifs is 1. The molecule has 1 atom stereocenters. The standard InChI is InChI=1S/C14H20N4O2/c1-9-7-13-16-8-12(11(3)18(13)17-9)10(2)15-6-4-5-14(19)20/h7-8,10,15H,4-6H2,1-3H3,(H,19,20). The van der Waals surface area contributed by atoms with Gasteiger partial charge in [-0.3, -0.25) is 4.79 Å². The van der Waals surface area contributed by atoms with Crippen LogP contribution >= 0.6 is 0 Å². The van der Waals surface area contributed by atoms with E-state index in [0.717, 1.165) is 22.6 Å². The summed E-state index contributed by atoms with van der Waals surface area (Å²) < 4.78 is 1.85. The number of rotatable bonds is 6. The molecule has 0 spiro atoms. The van der Waals surface area contributed by atoms with E-state index in [4.69, 9.17) is 5.11 Å². The van der Waals surface area contributed by atoms with Crippen molar-refractivity contribution >= 4 is 11.6 Å². The Kier molecular flexibility index (Phi) is 4.34. The summed E-state index contributed by atoms with van der Waals surface area (Å²) in [5, 5.41) is 16.4. The zero-order valence-corrected chi connectivity index (χ0v) is 12.1. The Morgan fingerprint density at radius 2 is 2.25 bits per heavy atom. The summed E-state index contributed by atoms with van der Waals surface area (Å²) >= 11 is 0. The van der Waals surface area contributed by atoms with E-state index in [1.165, 1.54) is 0 Å². The number of aromatic nitrogens is 3. The lowest BCUT2D eigenvalue weighted by Crippen LogP contribution is -2.22. The van der Waals surface area contributed by atoms with E-state index in [2.05, 4.69) is 15.4 Å². The largest absolute Gasteiger partial charge is 0.481 e. The molecule has 0 saturated heterocycles. The summed E-state index contributed by atoms with van der Waals surface area (Å²) in [6.07, 6.45) is 2.67. The number of nitrogens with one attached hydrogen (secondary N) is 1. The maximum atomic E-state index is 10.5. The number of nitrogens with zero attached hydrogens (tertiary/aromatic N) is 3. The monoisotopic (exact) mass is 276 g/mol. The van der Waals surface area contributed by atoms with E-state index in [9.17, 15) is 4.79 Å². The fourth-order valence-corrected chi connectivity index (χ4v) is 2.27. The van der Waals surface area contributed by atoms with Gasteiger partial charge in [-0.05, 0) is 33.7 Å². The summed E-state index contributed by atoms with van der Waals surface area (Å²) in [5.74, 6) is -0.759. The molecule has 0 aromatic carbocycles. The van der Waals surface area contributed by atoms with Crippen LogP contribution in [0.25, 0.3) is 5.65 Å². The van der Waals surface area contributed by atoms with Gasteiger partial charge in [0.2, 0.25) is 0 Å². The van der Waals surface area contributed by atoms with Gasteiger partial charge >= 0.3 is 5.97 Å². The molecule has 0 amide bonds. The molecular formula is C14H20N4O2. The Balaban J connectivity index is 2.07. The molecule has 0 aliphatic carbocycles. The highest BCUT2D eigenvalue weighted by Crippen LogP contribution is 2.17. The SMILES string of the molecule is Cc1cc2ncc(C(C)NCCCC(=O)O)c(C)n2n1. The zero-order chi connectivity index (χ0) is 14.7. The Morgan fingerprint density at radius 1 is 1.50 bits per heavy atom. The lowest BCUT2D eigenvalue weighted by atomic mass is 10.1. The molecule has 0 aliphatic rings. The van der Waals surface area contributed by atoms with Gasteiger partial charge in [-0.25, -0.2) is 9.50 Å². The fraction of sp³-hybridized carbons (Fsp3) is 0.500. The maximum Gasteiger partial charge on any atom is 0.303 e. The first-order chi connectivity index (χ1) is 9.49. The fourth-order valence-electron chi connectivity index (χ4n) is 2.27. The molecule has 0 radical (unpaired) electrons. The second-order valence-corrected chi connectivity index (χ2v) is 5.03. The predicted octanol–water partition coefficient (Wildman–Crippen LogP) is 1.86. The predicted molar refractivity (Wildman–Crippen MR) is 75.7 cm³/mol. The van der Waals surface area contributed by atoms with Crippen LogP contribution in [0.15, 0.2) is 12.3 Å². The molecule has 6 heteroatoms. The first-order valence-electron chi connectivity index (χ1n) is 6.76. The highest BCUT2D eigenvalue weighted by Gasteiger charge is 2.12. The van der Waals surface area contributed by atoms with E-state index in [-0.39, 0.29) is 12.5 Å². The summed E-state index contributed by atoms with van der Waals surface area (Å²) in [6, 6.07) is 2.06. The van der Waals surface area contributed by atoms with Crippen molar-refractivity contribution in [1.82, 2.24) is 19.9 Å². The van der Waals surface area contributed by atoms with Gasteiger partial charge in [0.1, 0.15) is 0 Å². The molecule has 0 saturated carbocycles. The summed E-state index contributed by atoms with van der Waals surface area (Å²) in [5.41, 5.74) is 3.93. The quantitative estimate of drug-likeness (QED) is 0.787. The third kappa shape index (κ3) is 3.14. The zero-order valence-electron chi connectivity index (χ0n) is 12.1. The van der Waals surface area contributed by atoms with Gasteiger partial charge < -0.3 is 10.4 Å². The van der Waals surface area contributed by atoms with E-state index >= 15 is 0 Å². The number of hydrogen-bond acceptors (Lipinski definition) is 4. The lowest BCUT2D eigenvalue weighted by molar-refractivity contribution is -0.137. The average Bonchev–Trinajstić information content (AvgIpc) is 2.76. The molecule has 0 bridgehead atoms. The molecule has 0 fully saturated rings. The van der Waals surface area contributed by atoms with Crippen LogP contribution in [0.3, 0.4) is 0 Å². The smallest absolute Gasteiger partial charge is 0.303 e. The average molecular weight is 276 g/mol. The van der Waals surface area contributed by atoms with Crippen molar-refractivity contribution in [2.24, 2.45) is 0 Å². The molecule has 1 unspecified atom stereocenters. The molecule has 2 rings (SSSR count). The minimum atomic E-state index is -0.759. The molecule has 20 heavy (non-hydrogen) atoms. The van der Waals surface area contributed by atoms with Crippen molar-refractivity contribution in [2.75, 3.05) is 6.54 Å². The number of carbonyl (C=O) groups is 1. The molecule has 2 aromatic heterocycles. The van der Waals surface area contributed by atoms with Crippen molar-refractivity contribution in [3.8, 4) is 0 Å². The Hall–Kier alpha value is -1.95. The van der Waals surface area contributed by atoms with Gasteiger partial charge in [0.15, 0.2) is 5.65 Å². The van der Waals surface area contributed by atoms with Crippen molar-refractivity contribution in [1.29, 1.82) is 0 Å². The highest BCUT2D eigenvalue weighted by molar-refractivity contribution is 5.66.